The summed E-state index contributed by atoms with van der Waals surface area (Å²) in [5.41, 5.74) is 9.92. The fraction of sp³-hybridized carbons (Fsp3) is 0.0175. The average Bonchev–Trinajstić information content (AvgIpc) is 3.85. The van der Waals surface area contributed by atoms with Gasteiger partial charge in [0.2, 0.25) is 0 Å². The summed E-state index contributed by atoms with van der Waals surface area (Å²) in [7, 11) is 0. The van der Waals surface area contributed by atoms with Crippen LogP contribution >= 0.6 is 0 Å². The Morgan fingerprint density at radius 3 is 1.47 bits per heavy atom. The fourth-order valence-corrected chi connectivity index (χ4v) is 9.39. The predicted molar refractivity (Wildman–Crippen MR) is 251 cm³/mol. The first kappa shape index (κ1) is 38.3. The first-order chi connectivity index (χ1) is 31.3. The number of hydrogen-bond acceptors (Lipinski definition) is 2. The lowest BCUT2D eigenvalue weighted by Crippen LogP contribution is -2.08. The van der Waals surface area contributed by atoms with Gasteiger partial charge < -0.3 is 9.13 Å². The maximum atomic E-state index is 14.9. The molecule has 2 heterocycles. The number of nitrogens with zero attached hydrogens (tertiary/aromatic N) is 4. The maximum absolute atomic E-state index is 14.9. The fourth-order valence-electron chi connectivity index (χ4n) is 9.39. The van der Waals surface area contributed by atoms with Gasteiger partial charge in [-0.3, -0.25) is 0 Å². The topological polar surface area (TPSA) is 57.4 Å². The van der Waals surface area contributed by atoms with Crippen LogP contribution in [0, 0.1) is 22.7 Å². The van der Waals surface area contributed by atoms with Crippen molar-refractivity contribution >= 4 is 43.6 Å². The van der Waals surface area contributed by atoms with Crippen molar-refractivity contribution in [2.24, 2.45) is 0 Å². The van der Waals surface area contributed by atoms with Gasteiger partial charge in [0.1, 0.15) is 0 Å². The van der Waals surface area contributed by atoms with Crippen LogP contribution < -0.4 is 0 Å². The molecule has 0 radical (unpaired) electrons. The number of alkyl halides is 3. The van der Waals surface area contributed by atoms with Crippen molar-refractivity contribution in [1.82, 2.24) is 9.13 Å². The van der Waals surface area contributed by atoms with Gasteiger partial charge in [0.15, 0.2) is 0 Å². The lowest BCUT2D eigenvalue weighted by molar-refractivity contribution is -0.137. The summed E-state index contributed by atoms with van der Waals surface area (Å²) in [6, 6.07) is 68.3. The zero-order valence-corrected chi connectivity index (χ0v) is 34.0. The van der Waals surface area contributed by atoms with E-state index in [0.29, 0.717) is 28.1 Å². The Balaban J connectivity index is 1.24. The van der Waals surface area contributed by atoms with Crippen LogP contribution in [0.1, 0.15) is 16.7 Å². The molecule has 0 atom stereocenters. The molecule has 0 aliphatic carbocycles. The second-order valence-corrected chi connectivity index (χ2v) is 15.8. The molecule has 64 heavy (non-hydrogen) atoms. The number of aromatic nitrogens is 2. The van der Waals surface area contributed by atoms with Gasteiger partial charge in [-0.1, -0.05) is 127 Å². The number of nitriles is 2. The molecule has 0 aliphatic rings. The van der Waals surface area contributed by atoms with Crippen LogP contribution in [0.4, 0.5) is 13.2 Å². The molecule has 0 aliphatic heterocycles. The van der Waals surface area contributed by atoms with Gasteiger partial charge in [-0.2, -0.15) is 23.7 Å². The summed E-state index contributed by atoms with van der Waals surface area (Å²) >= 11 is 0. The third-order valence-electron chi connectivity index (χ3n) is 12.2. The monoisotopic (exact) mass is 830 g/mol. The molecule has 7 heteroatoms. The highest BCUT2D eigenvalue weighted by Gasteiger charge is 2.34. The maximum Gasteiger partial charge on any atom is 0.417 e. The Morgan fingerprint density at radius 2 is 0.906 bits per heavy atom. The van der Waals surface area contributed by atoms with Gasteiger partial charge in [-0.15, -0.1) is 0 Å². The van der Waals surface area contributed by atoms with Gasteiger partial charge in [-0.25, -0.2) is 0 Å². The Morgan fingerprint density at radius 1 is 0.375 bits per heavy atom. The number of fused-ring (bicyclic) bond motifs is 6. The zero-order chi connectivity index (χ0) is 43.5. The van der Waals surface area contributed by atoms with Gasteiger partial charge in [0, 0.05) is 32.7 Å². The molecule has 9 aromatic carbocycles. The summed E-state index contributed by atoms with van der Waals surface area (Å²) in [5, 5.41) is 24.7. The highest BCUT2D eigenvalue weighted by Crippen LogP contribution is 2.46. The number of para-hydroxylation sites is 2. The lowest BCUT2D eigenvalue weighted by atomic mass is 9.90. The van der Waals surface area contributed by atoms with Gasteiger partial charge >= 0.3 is 6.18 Å². The minimum absolute atomic E-state index is 0.0738. The van der Waals surface area contributed by atoms with E-state index < -0.39 is 11.7 Å². The molecular weight excluding hydrogens is 798 g/mol. The van der Waals surface area contributed by atoms with Crippen molar-refractivity contribution in [2.45, 2.75) is 6.18 Å². The average molecular weight is 831 g/mol. The van der Waals surface area contributed by atoms with Crippen LogP contribution in [0.15, 0.2) is 200 Å². The number of rotatable bonds is 6. The zero-order valence-electron chi connectivity index (χ0n) is 34.0. The molecule has 302 valence electrons. The smallest absolute Gasteiger partial charge is 0.309 e. The first-order valence-corrected chi connectivity index (χ1v) is 20.8. The van der Waals surface area contributed by atoms with Crippen LogP contribution in [0.25, 0.3) is 99.5 Å². The largest absolute Gasteiger partial charge is 0.417 e. The molecule has 0 spiro atoms. The molecule has 0 bridgehead atoms. The van der Waals surface area contributed by atoms with E-state index in [1.807, 2.05) is 91.0 Å². The molecule has 0 N–H and O–H groups in total. The first-order valence-electron chi connectivity index (χ1n) is 20.8. The second kappa shape index (κ2) is 15.1. The number of benzene rings is 9. The normalized spacial score (nSPS) is 11.6. The predicted octanol–water partition coefficient (Wildman–Crippen LogP) is 15.3. The SMILES string of the molecule is N#Cc1ccc(-c2ccc(-n3c4ccccc4c4cc(-c5ccccc5)ccc43)c(-c3c(C#N)cccc3-n3c4ccccc4c4cc(-c5ccccc5)ccc43)c2)c(C(F)(F)F)c1. The molecule has 0 amide bonds. The molecule has 2 aromatic heterocycles. The standard InChI is InChI=1S/C57H33F3N4/c58-57(59,60)49-30-36(34-61)22-26-43(49)41-25-29-54(63-50-19-9-7-17-44(50)46-31-39(23-27-52(46)63)37-12-3-1-4-13-37)48(33-41)56-42(35-62)16-11-21-55(56)64-51-20-10-8-18-45(51)47-32-40(24-28-53(47)64)38-14-5-2-6-15-38/h1-33H. The van der Waals surface area contributed by atoms with Crippen LogP contribution in [0.5, 0.6) is 0 Å². The van der Waals surface area contributed by atoms with E-state index in [4.69, 9.17) is 0 Å². The van der Waals surface area contributed by atoms with Crippen molar-refractivity contribution in [1.29, 1.82) is 10.5 Å². The number of halogens is 3. The van der Waals surface area contributed by atoms with E-state index in [9.17, 15) is 23.7 Å². The van der Waals surface area contributed by atoms with Crippen molar-refractivity contribution < 1.29 is 13.2 Å². The van der Waals surface area contributed by atoms with E-state index in [-0.39, 0.29) is 16.7 Å². The molecule has 4 nitrogen and oxygen atoms in total. The van der Waals surface area contributed by atoms with Crippen LogP contribution in [-0.2, 0) is 6.18 Å². The molecule has 11 aromatic rings. The second-order valence-electron chi connectivity index (χ2n) is 15.8. The van der Waals surface area contributed by atoms with Gasteiger partial charge in [0.05, 0.1) is 62.3 Å². The lowest BCUT2D eigenvalue weighted by Gasteiger charge is -2.21. The quantitative estimate of drug-likeness (QED) is 0.168. The highest BCUT2D eigenvalue weighted by molar-refractivity contribution is 6.13. The van der Waals surface area contributed by atoms with E-state index in [2.05, 4.69) is 94.1 Å². The minimum Gasteiger partial charge on any atom is -0.309 e. The number of hydrogen-bond donors (Lipinski definition) is 0. The van der Waals surface area contributed by atoms with Crippen molar-refractivity contribution in [3.8, 4) is 68.0 Å². The molecule has 11 rings (SSSR count). The van der Waals surface area contributed by atoms with E-state index in [1.54, 1.807) is 18.2 Å². The minimum atomic E-state index is -4.75. The molecular formula is C57H33F3N4. The summed E-state index contributed by atoms with van der Waals surface area (Å²) in [5.74, 6) is 0. The van der Waals surface area contributed by atoms with E-state index in [1.165, 1.54) is 12.1 Å². The molecule has 0 saturated heterocycles. The molecule has 0 unspecified atom stereocenters. The van der Waals surface area contributed by atoms with Crippen LogP contribution in [-0.4, -0.2) is 9.13 Å². The summed E-state index contributed by atoms with van der Waals surface area (Å²) < 4.78 is 49.1. The van der Waals surface area contributed by atoms with Gasteiger partial charge in [0.25, 0.3) is 0 Å². The third kappa shape index (κ3) is 6.22. The van der Waals surface area contributed by atoms with Crippen molar-refractivity contribution in [3.63, 3.8) is 0 Å². The highest BCUT2D eigenvalue weighted by atomic mass is 19.4. The van der Waals surface area contributed by atoms with Gasteiger partial charge in [-0.05, 0) is 106 Å². The third-order valence-corrected chi connectivity index (χ3v) is 12.2. The Labute approximate surface area is 366 Å². The van der Waals surface area contributed by atoms with E-state index in [0.717, 1.165) is 71.9 Å². The summed E-state index contributed by atoms with van der Waals surface area (Å²) in [4.78, 5) is 0. The van der Waals surface area contributed by atoms with Crippen LogP contribution in [0.2, 0.25) is 0 Å². The Hall–Kier alpha value is -8.65. The van der Waals surface area contributed by atoms with Crippen LogP contribution in [0.3, 0.4) is 0 Å². The Bertz CT molecular complexity index is 3730. The van der Waals surface area contributed by atoms with Crippen molar-refractivity contribution in [2.75, 3.05) is 0 Å². The summed E-state index contributed by atoms with van der Waals surface area (Å²) in [6.45, 7) is 0. The Kier molecular flexibility index (Phi) is 9.01. The summed E-state index contributed by atoms with van der Waals surface area (Å²) in [6.07, 6.45) is -4.75. The van der Waals surface area contributed by atoms with E-state index >= 15 is 0 Å². The molecule has 0 fully saturated rings. The molecule has 0 saturated carbocycles. The van der Waals surface area contributed by atoms with Crippen molar-refractivity contribution in [3.05, 3.63) is 217 Å².